The number of benzene rings is 1. The van der Waals surface area contributed by atoms with Gasteiger partial charge in [0, 0.05) is 25.7 Å². The zero-order valence-electron chi connectivity index (χ0n) is 13.6. The molecule has 2 heterocycles. The summed E-state index contributed by atoms with van der Waals surface area (Å²) in [6, 6.07) is 10.3. The van der Waals surface area contributed by atoms with Crippen LogP contribution in [-0.4, -0.2) is 43.6 Å². The number of methoxy groups -OCH3 is 1. The molecule has 1 unspecified atom stereocenters. The number of rotatable bonds is 4. The molecule has 1 atom stereocenters. The minimum atomic E-state index is 0.194. The van der Waals surface area contributed by atoms with Crippen LogP contribution in [0.4, 0.5) is 5.69 Å². The maximum Gasteiger partial charge on any atom is 0.227 e. The summed E-state index contributed by atoms with van der Waals surface area (Å²) in [7, 11) is 1.70. The van der Waals surface area contributed by atoms with Gasteiger partial charge in [0.2, 0.25) is 5.91 Å². The van der Waals surface area contributed by atoms with Crippen LogP contribution in [0.5, 0.6) is 5.75 Å². The lowest BCUT2D eigenvalue weighted by Crippen LogP contribution is -2.54. The van der Waals surface area contributed by atoms with Crippen molar-refractivity contribution in [2.45, 2.75) is 19.4 Å². The lowest BCUT2D eigenvalue weighted by atomic mass is 10.1. The number of carbonyl (C=O) groups excluding carboxylic acids is 1. The highest BCUT2D eigenvalue weighted by Gasteiger charge is 2.28. The molecule has 1 aromatic carbocycles. The standard InChI is InChI=1S/C18H22N2O2S/c1-14-12-19(16-5-3-4-6-17(16)22-2)8-9-20(14)18(21)11-15-7-10-23-13-15/h3-7,10,13-14H,8-9,11-12H2,1-2H3. The fourth-order valence-electron chi connectivity index (χ4n) is 3.11. The van der Waals surface area contributed by atoms with Crippen molar-refractivity contribution >= 4 is 22.9 Å². The molecule has 1 aromatic heterocycles. The molecule has 1 fully saturated rings. The van der Waals surface area contributed by atoms with Crippen molar-refractivity contribution in [1.29, 1.82) is 0 Å². The van der Waals surface area contributed by atoms with E-state index in [0.29, 0.717) is 6.42 Å². The Hall–Kier alpha value is -2.01. The van der Waals surface area contributed by atoms with E-state index in [2.05, 4.69) is 17.9 Å². The lowest BCUT2D eigenvalue weighted by Gasteiger charge is -2.41. The molecule has 0 N–H and O–H groups in total. The van der Waals surface area contributed by atoms with E-state index in [9.17, 15) is 4.79 Å². The maximum absolute atomic E-state index is 12.5. The van der Waals surface area contributed by atoms with Crippen molar-refractivity contribution in [1.82, 2.24) is 4.90 Å². The number of ether oxygens (including phenoxy) is 1. The maximum atomic E-state index is 12.5. The van der Waals surface area contributed by atoms with Gasteiger partial charge < -0.3 is 14.5 Å². The van der Waals surface area contributed by atoms with Crippen molar-refractivity contribution in [2.75, 3.05) is 31.6 Å². The number of hydrogen-bond acceptors (Lipinski definition) is 4. The molecule has 1 aliphatic heterocycles. The molecule has 122 valence electrons. The second-order valence-electron chi connectivity index (χ2n) is 5.86. The number of carbonyl (C=O) groups is 1. The van der Waals surface area contributed by atoms with Crippen LogP contribution in [0.15, 0.2) is 41.1 Å². The van der Waals surface area contributed by atoms with Crippen molar-refractivity contribution in [3.05, 3.63) is 46.7 Å². The Bertz CT molecular complexity index is 657. The fourth-order valence-corrected chi connectivity index (χ4v) is 3.78. The van der Waals surface area contributed by atoms with E-state index in [4.69, 9.17) is 4.74 Å². The third-order valence-electron chi connectivity index (χ3n) is 4.31. The van der Waals surface area contributed by atoms with Crippen LogP contribution in [-0.2, 0) is 11.2 Å². The first-order valence-electron chi connectivity index (χ1n) is 7.87. The molecule has 1 aliphatic rings. The Morgan fingerprint density at radius 3 is 2.83 bits per heavy atom. The minimum Gasteiger partial charge on any atom is -0.495 e. The van der Waals surface area contributed by atoms with E-state index < -0.39 is 0 Å². The molecule has 3 rings (SSSR count). The highest BCUT2D eigenvalue weighted by atomic mass is 32.1. The Morgan fingerprint density at radius 1 is 1.30 bits per heavy atom. The molecule has 0 saturated carbocycles. The highest BCUT2D eigenvalue weighted by Crippen LogP contribution is 2.29. The number of amides is 1. The van der Waals surface area contributed by atoms with Gasteiger partial charge in [-0.15, -0.1) is 0 Å². The third kappa shape index (κ3) is 3.50. The van der Waals surface area contributed by atoms with Gasteiger partial charge in [-0.1, -0.05) is 12.1 Å². The molecule has 0 bridgehead atoms. The molecular weight excluding hydrogens is 308 g/mol. The fraction of sp³-hybridized carbons (Fsp3) is 0.389. The average molecular weight is 330 g/mol. The number of hydrogen-bond donors (Lipinski definition) is 0. The molecule has 1 saturated heterocycles. The van der Waals surface area contributed by atoms with E-state index in [-0.39, 0.29) is 11.9 Å². The van der Waals surface area contributed by atoms with Gasteiger partial charge in [-0.05, 0) is 41.4 Å². The van der Waals surface area contributed by atoms with E-state index in [0.717, 1.165) is 36.6 Å². The molecule has 5 heteroatoms. The van der Waals surface area contributed by atoms with Crippen LogP contribution >= 0.6 is 11.3 Å². The molecule has 4 nitrogen and oxygen atoms in total. The Labute approximate surface area is 141 Å². The lowest BCUT2D eigenvalue weighted by molar-refractivity contribution is -0.132. The van der Waals surface area contributed by atoms with Crippen LogP contribution in [0.3, 0.4) is 0 Å². The molecular formula is C18H22N2O2S. The van der Waals surface area contributed by atoms with Crippen molar-refractivity contribution in [2.24, 2.45) is 0 Å². The second-order valence-corrected chi connectivity index (χ2v) is 6.64. The van der Waals surface area contributed by atoms with Gasteiger partial charge >= 0.3 is 0 Å². The summed E-state index contributed by atoms with van der Waals surface area (Å²) in [5.41, 5.74) is 2.21. The smallest absolute Gasteiger partial charge is 0.227 e. The average Bonchev–Trinajstić information content (AvgIpc) is 3.07. The molecule has 23 heavy (non-hydrogen) atoms. The summed E-state index contributed by atoms with van der Waals surface area (Å²) in [5, 5.41) is 4.07. The number of nitrogens with zero attached hydrogens (tertiary/aromatic N) is 2. The summed E-state index contributed by atoms with van der Waals surface area (Å²) < 4.78 is 5.46. The molecule has 1 amide bonds. The first-order valence-corrected chi connectivity index (χ1v) is 8.82. The molecule has 0 radical (unpaired) electrons. The largest absolute Gasteiger partial charge is 0.495 e. The summed E-state index contributed by atoms with van der Waals surface area (Å²) >= 11 is 1.64. The Balaban J connectivity index is 1.66. The van der Waals surface area contributed by atoms with Gasteiger partial charge in [0.25, 0.3) is 0 Å². The van der Waals surface area contributed by atoms with Gasteiger partial charge in [0.15, 0.2) is 0 Å². The summed E-state index contributed by atoms with van der Waals surface area (Å²) in [6.45, 7) is 4.53. The van der Waals surface area contributed by atoms with E-state index in [1.54, 1.807) is 18.4 Å². The first kappa shape index (κ1) is 15.9. The quantitative estimate of drug-likeness (QED) is 0.864. The van der Waals surface area contributed by atoms with Crippen LogP contribution in [0.25, 0.3) is 0 Å². The van der Waals surface area contributed by atoms with Gasteiger partial charge in [-0.25, -0.2) is 0 Å². The van der Waals surface area contributed by atoms with Crippen LogP contribution in [0.2, 0.25) is 0 Å². The van der Waals surface area contributed by atoms with Crippen molar-refractivity contribution < 1.29 is 9.53 Å². The highest BCUT2D eigenvalue weighted by molar-refractivity contribution is 7.08. The summed E-state index contributed by atoms with van der Waals surface area (Å²) in [5.74, 6) is 1.10. The van der Waals surface area contributed by atoms with Gasteiger partial charge in [0.1, 0.15) is 5.75 Å². The zero-order chi connectivity index (χ0) is 16.2. The van der Waals surface area contributed by atoms with E-state index >= 15 is 0 Å². The second kappa shape index (κ2) is 7.04. The number of piperazine rings is 1. The zero-order valence-corrected chi connectivity index (χ0v) is 14.4. The van der Waals surface area contributed by atoms with E-state index in [1.165, 1.54) is 0 Å². The van der Waals surface area contributed by atoms with Gasteiger partial charge in [0.05, 0.1) is 19.2 Å². The topological polar surface area (TPSA) is 32.8 Å². The van der Waals surface area contributed by atoms with Crippen molar-refractivity contribution in [3.63, 3.8) is 0 Å². The third-order valence-corrected chi connectivity index (χ3v) is 5.04. The predicted molar refractivity (Wildman–Crippen MR) is 94.4 cm³/mol. The monoisotopic (exact) mass is 330 g/mol. The van der Waals surface area contributed by atoms with Crippen LogP contribution < -0.4 is 9.64 Å². The number of anilines is 1. The van der Waals surface area contributed by atoms with Crippen LogP contribution in [0.1, 0.15) is 12.5 Å². The molecule has 0 aliphatic carbocycles. The SMILES string of the molecule is COc1ccccc1N1CCN(C(=O)Cc2ccsc2)C(C)C1. The minimum absolute atomic E-state index is 0.194. The predicted octanol–water partition coefficient (Wildman–Crippen LogP) is 3.04. The normalized spacial score (nSPS) is 18.1. The Morgan fingerprint density at radius 2 is 2.13 bits per heavy atom. The first-order chi connectivity index (χ1) is 11.2. The van der Waals surface area contributed by atoms with Gasteiger partial charge in [-0.3, -0.25) is 4.79 Å². The summed E-state index contributed by atoms with van der Waals surface area (Å²) in [4.78, 5) is 16.8. The molecule has 2 aromatic rings. The van der Waals surface area contributed by atoms with Gasteiger partial charge in [-0.2, -0.15) is 11.3 Å². The molecule has 0 spiro atoms. The van der Waals surface area contributed by atoms with Crippen molar-refractivity contribution in [3.8, 4) is 5.75 Å². The Kier molecular flexibility index (Phi) is 4.86. The van der Waals surface area contributed by atoms with Crippen LogP contribution in [0, 0.1) is 0 Å². The number of para-hydroxylation sites is 2. The van der Waals surface area contributed by atoms with E-state index in [1.807, 2.05) is 39.9 Å². The summed E-state index contributed by atoms with van der Waals surface area (Å²) in [6.07, 6.45) is 0.502. The number of thiophene rings is 1.